The van der Waals surface area contributed by atoms with Gasteiger partial charge in [-0.05, 0) is 98.8 Å². The maximum atomic E-state index is 2.48. The Kier molecular flexibility index (Phi) is 8.87. The molecule has 0 unspecified atom stereocenters. The van der Waals surface area contributed by atoms with E-state index in [4.69, 9.17) is 0 Å². The molecule has 10 aromatic carbocycles. The standard InChI is InChI=1S/C58H40N2/c1-3-14-41(15-4-1)44-28-34-49(35-29-44)59(50-36-30-45(31-37-50)42-16-5-2-6-17-42)51-38-32-46(33-39-51)52-20-9-11-24-56(52)60-57-25-12-10-21-54(57)55-23-13-22-53(58(55)60)48-27-26-43-18-7-8-19-47(43)40-48/h1-40H. The van der Waals surface area contributed by atoms with Crippen LogP contribution in [0.25, 0.3) is 82.8 Å². The number of fused-ring (bicyclic) bond motifs is 4. The molecule has 0 aliphatic heterocycles. The minimum absolute atomic E-state index is 1.09. The molecule has 0 atom stereocenters. The molecule has 0 saturated carbocycles. The lowest BCUT2D eigenvalue weighted by Gasteiger charge is -2.26. The van der Waals surface area contributed by atoms with E-state index in [1.807, 2.05) is 0 Å². The highest BCUT2D eigenvalue weighted by atomic mass is 15.1. The van der Waals surface area contributed by atoms with Crippen LogP contribution >= 0.6 is 0 Å². The largest absolute Gasteiger partial charge is 0.311 e. The van der Waals surface area contributed by atoms with E-state index >= 15 is 0 Å². The van der Waals surface area contributed by atoms with E-state index in [2.05, 4.69) is 252 Å². The second-order valence-electron chi connectivity index (χ2n) is 15.3. The lowest BCUT2D eigenvalue weighted by atomic mass is 9.98. The fourth-order valence-electron chi connectivity index (χ4n) is 8.88. The number of nitrogens with zero attached hydrogens (tertiary/aromatic N) is 2. The molecule has 1 aromatic heterocycles. The molecule has 2 nitrogen and oxygen atoms in total. The molecule has 11 rings (SSSR count). The fraction of sp³-hybridized carbons (Fsp3) is 0. The van der Waals surface area contributed by atoms with E-state index in [-0.39, 0.29) is 0 Å². The highest BCUT2D eigenvalue weighted by molar-refractivity contribution is 6.14. The van der Waals surface area contributed by atoms with Crippen LogP contribution in [-0.2, 0) is 0 Å². The molecule has 0 N–H and O–H groups in total. The van der Waals surface area contributed by atoms with E-state index in [0.717, 1.165) is 28.3 Å². The maximum Gasteiger partial charge on any atom is 0.0619 e. The van der Waals surface area contributed by atoms with Gasteiger partial charge in [0.25, 0.3) is 0 Å². The first-order chi connectivity index (χ1) is 29.8. The Bertz CT molecular complexity index is 3190. The second-order valence-corrected chi connectivity index (χ2v) is 15.3. The van der Waals surface area contributed by atoms with Crippen LogP contribution in [0.1, 0.15) is 0 Å². The maximum absolute atomic E-state index is 2.48. The quantitative estimate of drug-likeness (QED) is 0.150. The van der Waals surface area contributed by atoms with Gasteiger partial charge in [-0.1, -0.05) is 188 Å². The summed E-state index contributed by atoms with van der Waals surface area (Å²) in [5.74, 6) is 0. The molecule has 0 saturated heterocycles. The molecular weight excluding hydrogens is 725 g/mol. The van der Waals surface area contributed by atoms with E-state index in [1.165, 1.54) is 71.5 Å². The Morgan fingerprint density at radius 2 is 0.750 bits per heavy atom. The van der Waals surface area contributed by atoms with Crippen molar-refractivity contribution in [2.45, 2.75) is 0 Å². The normalized spacial score (nSPS) is 11.3. The molecular formula is C58H40N2. The van der Waals surface area contributed by atoms with Crippen LogP contribution in [0.15, 0.2) is 243 Å². The van der Waals surface area contributed by atoms with Crippen molar-refractivity contribution in [3.63, 3.8) is 0 Å². The van der Waals surface area contributed by atoms with Gasteiger partial charge in [-0.2, -0.15) is 0 Å². The lowest BCUT2D eigenvalue weighted by molar-refractivity contribution is 1.18. The number of hydrogen-bond donors (Lipinski definition) is 0. The van der Waals surface area contributed by atoms with Crippen molar-refractivity contribution >= 4 is 49.6 Å². The van der Waals surface area contributed by atoms with Crippen molar-refractivity contribution < 1.29 is 0 Å². The number of rotatable bonds is 8. The van der Waals surface area contributed by atoms with Gasteiger partial charge >= 0.3 is 0 Å². The van der Waals surface area contributed by atoms with Gasteiger partial charge in [0.2, 0.25) is 0 Å². The molecule has 0 aliphatic rings. The van der Waals surface area contributed by atoms with Crippen molar-refractivity contribution in [3.8, 4) is 50.2 Å². The molecule has 282 valence electrons. The second kappa shape index (κ2) is 15.1. The molecule has 0 spiro atoms. The molecule has 60 heavy (non-hydrogen) atoms. The van der Waals surface area contributed by atoms with Gasteiger partial charge in [-0.3, -0.25) is 0 Å². The zero-order valence-corrected chi connectivity index (χ0v) is 33.0. The topological polar surface area (TPSA) is 8.17 Å². The summed E-state index contributed by atoms with van der Waals surface area (Å²) in [6, 6.07) is 87.8. The van der Waals surface area contributed by atoms with E-state index in [9.17, 15) is 0 Å². The molecule has 2 heteroatoms. The first kappa shape index (κ1) is 35.2. The number of anilines is 3. The number of para-hydroxylation sites is 3. The lowest BCUT2D eigenvalue weighted by Crippen LogP contribution is -2.09. The van der Waals surface area contributed by atoms with Crippen molar-refractivity contribution in [3.05, 3.63) is 243 Å². The first-order valence-corrected chi connectivity index (χ1v) is 20.6. The van der Waals surface area contributed by atoms with Gasteiger partial charge in [0.15, 0.2) is 0 Å². The molecule has 0 amide bonds. The van der Waals surface area contributed by atoms with Gasteiger partial charge in [0, 0.05) is 39.0 Å². The molecule has 11 aromatic rings. The summed E-state index contributed by atoms with van der Waals surface area (Å²) in [7, 11) is 0. The monoisotopic (exact) mass is 764 g/mol. The highest BCUT2D eigenvalue weighted by Crippen LogP contribution is 2.42. The summed E-state index contributed by atoms with van der Waals surface area (Å²) in [6.07, 6.45) is 0. The number of aromatic nitrogens is 1. The van der Waals surface area contributed by atoms with Gasteiger partial charge in [0.05, 0.1) is 16.7 Å². The summed E-state index contributed by atoms with van der Waals surface area (Å²) >= 11 is 0. The Hall–Kier alpha value is -7.94. The van der Waals surface area contributed by atoms with Crippen LogP contribution in [0.3, 0.4) is 0 Å². The molecule has 0 fully saturated rings. The van der Waals surface area contributed by atoms with Gasteiger partial charge in [-0.25, -0.2) is 0 Å². The van der Waals surface area contributed by atoms with E-state index in [0.29, 0.717) is 0 Å². The summed E-state index contributed by atoms with van der Waals surface area (Å²) < 4.78 is 2.48. The van der Waals surface area contributed by atoms with Crippen LogP contribution in [0.5, 0.6) is 0 Å². The summed E-state index contributed by atoms with van der Waals surface area (Å²) in [6.45, 7) is 0. The van der Waals surface area contributed by atoms with Crippen LogP contribution in [0.2, 0.25) is 0 Å². The summed E-state index contributed by atoms with van der Waals surface area (Å²) in [5, 5.41) is 4.97. The van der Waals surface area contributed by atoms with E-state index < -0.39 is 0 Å². The van der Waals surface area contributed by atoms with Crippen molar-refractivity contribution in [2.75, 3.05) is 4.90 Å². The van der Waals surface area contributed by atoms with Crippen molar-refractivity contribution in [1.29, 1.82) is 0 Å². The Morgan fingerprint density at radius 1 is 0.283 bits per heavy atom. The summed E-state index contributed by atoms with van der Waals surface area (Å²) in [4.78, 5) is 2.35. The van der Waals surface area contributed by atoms with Crippen molar-refractivity contribution in [1.82, 2.24) is 4.57 Å². The van der Waals surface area contributed by atoms with Gasteiger partial charge in [0.1, 0.15) is 0 Å². The number of hydrogen-bond acceptors (Lipinski definition) is 1. The van der Waals surface area contributed by atoms with Gasteiger partial charge < -0.3 is 9.47 Å². The predicted octanol–water partition coefficient (Wildman–Crippen LogP) is 16.1. The average Bonchev–Trinajstić information content (AvgIpc) is 3.67. The predicted molar refractivity (Wildman–Crippen MR) is 255 cm³/mol. The first-order valence-electron chi connectivity index (χ1n) is 20.6. The van der Waals surface area contributed by atoms with Crippen molar-refractivity contribution in [2.24, 2.45) is 0 Å². The minimum atomic E-state index is 1.09. The third kappa shape index (κ3) is 6.32. The average molecular weight is 765 g/mol. The van der Waals surface area contributed by atoms with E-state index in [1.54, 1.807) is 0 Å². The van der Waals surface area contributed by atoms with Crippen LogP contribution in [0, 0.1) is 0 Å². The Morgan fingerprint density at radius 3 is 1.40 bits per heavy atom. The third-order valence-electron chi connectivity index (χ3n) is 11.8. The van der Waals surface area contributed by atoms with Crippen LogP contribution in [0.4, 0.5) is 17.1 Å². The number of benzene rings is 10. The van der Waals surface area contributed by atoms with Gasteiger partial charge in [-0.15, -0.1) is 0 Å². The molecule has 0 radical (unpaired) electrons. The molecule has 0 aliphatic carbocycles. The smallest absolute Gasteiger partial charge is 0.0619 e. The zero-order valence-electron chi connectivity index (χ0n) is 33.0. The minimum Gasteiger partial charge on any atom is -0.311 e. The Balaban J connectivity index is 1.03. The SMILES string of the molecule is c1ccc(-c2ccc(N(c3ccc(-c4ccccc4)cc3)c3ccc(-c4ccccc4-n4c5ccccc5c5cccc(-c6ccc7ccccc7c6)c54)cc3)cc2)cc1. The zero-order chi connectivity index (χ0) is 39.8. The Labute approximate surface area is 350 Å². The highest BCUT2D eigenvalue weighted by Gasteiger charge is 2.20. The molecule has 1 heterocycles. The van der Waals surface area contributed by atoms with Crippen LogP contribution < -0.4 is 4.90 Å². The third-order valence-corrected chi connectivity index (χ3v) is 11.8. The fourth-order valence-corrected chi connectivity index (χ4v) is 8.88. The molecule has 0 bridgehead atoms. The summed E-state index contributed by atoms with van der Waals surface area (Å²) in [5.41, 5.74) is 16.4. The van der Waals surface area contributed by atoms with Crippen LogP contribution in [-0.4, -0.2) is 4.57 Å².